The van der Waals surface area contributed by atoms with Gasteiger partial charge >= 0.3 is 12.0 Å². The topological polar surface area (TPSA) is 91.3 Å². The third kappa shape index (κ3) is 4.70. The first-order valence-electron chi connectivity index (χ1n) is 7.25. The van der Waals surface area contributed by atoms with Crippen LogP contribution in [0.1, 0.15) is 48.1 Å². The number of aromatic nitrogens is 1. The van der Waals surface area contributed by atoms with Crippen molar-refractivity contribution in [1.29, 1.82) is 0 Å². The Bertz CT molecular complexity index is 503. The number of hydrogen-bond donors (Lipinski definition) is 3. The van der Waals surface area contributed by atoms with E-state index in [9.17, 15) is 9.59 Å². The predicted octanol–water partition coefficient (Wildman–Crippen LogP) is 2.47. The molecule has 1 aliphatic carbocycles. The van der Waals surface area contributed by atoms with Crippen LogP contribution < -0.4 is 10.6 Å². The van der Waals surface area contributed by atoms with E-state index in [1.165, 1.54) is 42.4 Å². The molecular weight excluding hydrogens is 290 g/mol. The van der Waals surface area contributed by atoms with E-state index in [0.717, 1.165) is 0 Å². The second-order valence-corrected chi connectivity index (χ2v) is 6.46. The first-order valence-corrected chi connectivity index (χ1v) is 8.13. The van der Waals surface area contributed by atoms with Crippen LogP contribution >= 0.6 is 11.3 Å². The van der Waals surface area contributed by atoms with Crippen molar-refractivity contribution in [1.82, 2.24) is 15.6 Å². The second kappa shape index (κ2) is 7.40. The van der Waals surface area contributed by atoms with Crippen molar-refractivity contribution < 1.29 is 14.7 Å². The van der Waals surface area contributed by atoms with Crippen LogP contribution in [0.3, 0.4) is 0 Å². The lowest BCUT2D eigenvalue weighted by molar-refractivity contribution is 0.0691. The molecule has 1 aliphatic rings. The standard InChI is InChI=1S/C14H21N3O3S/c1-9-4-2-3-5-10(9)6-15-14(20)16-7-12-17-11(8-21-12)13(18)19/h8-10H,2-7H2,1H3,(H,18,19)(H2,15,16,20). The fourth-order valence-corrected chi connectivity index (χ4v) is 3.34. The first kappa shape index (κ1) is 15.8. The number of aromatic carboxylic acids is 1. The van der Waals surface area contributed by atoms with Crippen molar-refractivity contribution in [2.45, 2.75) is 39.2 Å². The van der Waals surface area contributed by atoms with E-state index >= 15 is 0 Å². The van der Waals surface area contributed by atoms with E-state index in [0.29, 0.717) is 23.4 Å². The van der Waals surface area contributed by atoms with Crippen molar-refractivity contribution in [3.05, 3.63) is 16.1 Å². The number of carbonyl (C=O) groups is 2. The van der Waals surface area contributed by atoms with Gasteiger partial charge in [0.05, 0.1) is 6.54 Å². The highest BCUT2D eigenvalue weighted by atomic mass is 32.1. The summed E-state index contributed by atoms with van der Waals surface area (Å²) in [5, 5.41) is 16.4. The summed E-state index contributed by atoms with van der Waals surface area (Å²) in [4.78, 5) is 26.4. The van der Waals surface area contributed by atoms with Crippen LogP contribution in [0.2, 0.25) is 0 Å². The zero-order valence-electron chi connectivity index (χ0n) is 12.1. The molecule has 116 valence electrons. The molecule has 0 radical (unpaired) electrons. The highest BCUT2D eigenvalue weighted by Gasteiger charge is 2.21. The maximum atomic E-state index is 11.7. The molecule has 1 aromatic rings. The molecule has 6 nitrogen and oxygen atoms in total. The second-order valence-electron chi connectivity index (χ2n) is 5.52. The number of nitrogens with one attached hydrogen (secondary N) is 2. The van der Waals surface area contributed by atoms with Gasteiger partial charge in [0.1, 0.15) is 5.01 Å². The number of amides is 2. The van der Waals surface area contributed by atoms with Crippen LogP contribution in [0.15, 0.2) is 5.38 Å². The number of hydrogen-bond acceptors (Lipinski definition) is 4. The Morgan fingerprint density at radius 2 is 2.14 bits per heavy atom. The van der Waals surface area contributed by atoms with Gasteiger partial charge in [-0.05, 0) is 18.3 Å². The minimum Gasteiger partial charge on any atom is -0.476 e. The summed E-state index contributed by atoms with van der Waals surface area (Å²) in [5.74, 6) is 0.173. The van der Waals surface area contributed by atoms with Crippen LogP contribution in [0.25, 0.3) is 0 Å². The lowest BCUT2D eigenvalue weighted by Crippen LogP contribution is -2.39. The minimum atomic E-state index is -1.05. The molecule has 2 atom stereocenters. The summed E-state index contributed by atoms with van der Waals surface area (Å²) in [6.45, 7) is 3.20. The smallest absolute Gasteiger partial charge is 0.355 e. The van der Waals surface area contributed by atoms with Crippen molar-refractivity contribution in [3.8, 4) is 0 Å². The van der Waals surface area contributed by atoms with Gasteiger partial charge in [-0.1, -0.05) is 26.2 Å². The van der Waals surface area contributed by atoms with Gasteiger partial charge in [0.2, 0.25) is 0 Å². The average Bonchev–Trinajstić information content (AvgIpc) is 2.93. The highest BCUT2D eigenvalue weighted by molar-refractivity contribution is 7.09. The highest BCUT2D eigenvalue weighted by Crippen LogP contribution is 2.28. The number of rotatable bonds is 5. The zero-order chi connectivity index (χ0) is 15.2. The van der Waals surface area contributed by atoms with Crippen molar-refractivity contribution >= 4 is 23.3 Å². The molecule has 2 rings (SSSR count). The van der Waals surface area contributed by atoms with Crippen LogP contribution in [0.4, 0.5) is 4.79 Å². The predicted molar refractivity (Wildman–Crippen MR) is 80.4 cm³/mol. The van der Waals surface area contributed by atoms with E-state index in [2.05, 4.69) is 22.5 Å². The zero-order valence-corrected chi connectivity index (χ0v) is 12.9. The van der Waals surface area contributed by atoms with Crippen LogP contribution in [0, 0.1) is 11.8 Å². The summed E-state index contributed by atoms with van der Waals surface area (Å²) in [6, 6.07) is -0.222. The van der Waals surface area contributed by atoms with Gasteiger partial charge in [-0.3, -0.25) is 0 Å². The molecule has 0 aliphatic heterocycles. The lowest BCUT2D eigenvalue weighted by atomic mass is 9.80. The SMILES string of the molecule is CC1CCCCC1CNC(=O)NCc1nc(C(=O)O)cs1. The number of carboxylic acids is 1. The minimum absolute atomic E-state index is 0.0215. The molecule has 3 N–H and O–H groups in total. The molecule has 0 bridgehead atoms. The lowest BCUT2D eigenvalue weighted by Gasteiger charge is -2.28. The van der Waals surface area contributed by atoms with Gasteiger partial charge in [0, 0.05) is 11.9 Å². The van der Waals surface area contributed by atoms with Crippen LogP contribution in [-0.4, -0.2) is 28.6 Å². The molecule has 1 aromatic heterocycles. The fraction of sp³-hybridized carbons (Fsp3) is 0.643. The number of urea groups is 1. The van der Waals surface area contributed by atoms with E-state index in [1.807, 2.05) is 0 Å². The van der Waals surface area contributed by atoms with Gasteiger partial charge in [0.25, 0.3) is 0 Å². The molecule has 7 heteroatoms. The Kier molecular flexibility index (Phi) is 5.55. The van der Waals surface area contributed by atoms with E-state index < -0.39 is 5.97 Å². The van der Waals surface area contributed by atoms with E-state index in [1.54, 1.807) is 0 Å². The van der Waals surface area contributed by atoms with Gasteiger partial charge in [-0.15, -0.1) is 11.3 Å². The molecule has 0 saturated heterocycles. The van der Waals surface area contributed by atoms with Crippen molar-refractivity contribution in [3.63, 3.8) is 0 Å². The maximum absolute atomic E-state index is 11.7. The third-order valence-corrected chi connectivity index (χ3v) is 4.83. The maximum Gasteiger partial charge on any atom is 0.355 e. The Morgan fingerprint density at radius 3 is 2.81 bits per heavy atom. The third-order valence-electron chi connectivity index (χ3n) is 3.98. The quantitative estimate of drug-likeness (QED) is 0.779. The van der Waals surface area contributed by atoms with Gasteiger partial charge in [0.15, 0.2) is 5.69 Å². The van der Waals surface area contributed by atoms with Crippen LogP contribution in [-0.2, 0) is 6.54 Å². The van der Waals surface area contributed by atoms with Crippen LogP contribution in [0.5, 0.6) is 0 Å². The number of nitrogens with zero attached hydrogens (tertiary/aromatic N) is 1. The van der Waals surface area contributed by atoms with E-state index in [-0.39, 0.29) is 18.3 Å². The summed E-state index contributed by atoms with van der Waals surface area (Å²) in [6.07, 6.45) is 4.95. The Labute approximate surface area is 128 Å². The molecule has 21 heavy (non-hydrogen) atoms. The Hall–Kier alpha value is -1.63. The van der Waals surface area contributed by atoms with Crippen molar-refractivity contribution in [2.24, 2.45) is 11.8 Å². The number of thiazole rings is 1. The van der Waals surface area contributed by atoms with Gasteiger partial charge in [-0.2, -0.15) is 0 Å². The molecule has 1 heterocycles. The van der Waals surface area contributed by atoms with Crippen molar-refractivity contribution in [2.75, 3.05) is 6.54 Å². The normalized spacial score (nSPS) is 21.8. The Morgan fingerprint density at radius 1 is 1.38 bits per heavy atom. The van der Waals surface area contributed by atoms with Gasteiger partial charge < -0.3 is 15.7 Å². The summed E-state index contributed by atoms with van der Waals surface area (Å²) in [7, 11) is 0. The number of carboxylic acid groups (broad SMARTS) is 1. The summed E-state index contributed by atoms with van der Waals surface area (Å²) in [5.41, 5.74) is 0.0215. The average molecular weight is 311 g/mol. The van der Waals surface area contributed by atoms with E-state index in [4.69, 9.17) is 5.11 Å². The Balaban J connectivity index is 1.70. The molecule has 2 unspecified atom stereocenters. The molecule has 1 fully saturated rings. The molecule has 2 amide bonds. The molecule has 0 spiro atoms. The number of carbonyl (C=O) groups excluding carboxylic acids is 1. The fourth-order valence-electron chi connectivity index (χ4n) is 2.63. The van der Waals surface area contributed by atoms with Gasteiger partial charge in [-0.25, -0.2) is 14.6 Å². The molecular formula is C14H21N3O3S. The first-order chi connectivity index (χ1) is 10.1. The molecule has 1 saturated carbocycles. The monoisotopic (exact) mass is 311 g/mol. The molecule has 0 aromatic carbocycles. The summed E-state index contributed by atoms with van der Waals surface area (Å²) < 4.78 is 0. The summed E-state index contributed by atoms with van der Waals surface area (Å²) >= 11 is 1.23. The largest absolute Gasteiger partial charge is 0.476 e.